The summed E-state index contributed by atoms with van der Waals surface area (Å²) in [5.74, 6) is -0.407. The van der Waals surface area contributed by atoms with E-state index in [0.29, 0.717) is 21.2 Å². The van der Waals surface area contributed by atoms with Gasteiger partial charge in [0.25, 0.3) is 0 Å². The largest absolute Gasteiger partial charge is 0.462 e. The molecule has 2 atom stereocenters. The van der Waals surface area contributed by atoms with Crippen LogP contribution in [0.3, 0.4) is 0 Å². The van der Waals surface area contributed by atoms with E-state index < -0.39 is 12.1 Å². The number of fused-ring (bicyclic) bond motifs is 1. The zero-order valence-corrected chi connectivity index (χ0v) is 14.3. The number of aliphatic hydroxyl groups excluding tert-OH is 1. The summed E-state index contributed by atoms with van der Waals surface area (Å²) in [6, 6.07) is 1.78. The van der Waals surface area contributed by atoms with E-state index in [0.717, 1.165) is 24.9 Å². The smallest absolute Gasteiger partial charge is 0.340 e. The molecule has 0 amide bonds. The minimum atomic E-state index is -0.760. The van der Waals surface area contributed by atoms with Crippen LogP contribution < -0.4 is 5.32 Å². The van der Waals surface area contributed by atoms with E-state index in [4.69, 9.17) is 4.74 Å². The third-order valence-electron chi connectivity index (χ3n) is 4.10. The zero-order valence-electron chi connectivity index (χ0n) is 12.8. The molecule has 1 saturated heterocycles. The fourth-order valence-corrected chi connectivity index (χ4v) is 3.29. The highest BCUT2D eigenvalue weighted by molar-refractivity contribution is 9.10. The van der Waals surface area contributed by atoms with Gasteiger partial charge in [-0.05, 0) is 41.9 Å². The first-order valence-corrected chi connectivity index (χ1v) is 8.41. The Hall–Kier alpha value is -1.57. The Morgan fingerprint density at radius 3 is 3.04 bits per heavy atom. The lowest BCUT2D eigenvalue weighted by Crippen LogP contribution is -2.20. The summed E-state index contributed by atoms with van der Waals surface area (Å²) in [7, 11) is 0. The predicted octanol–water partition coefficient (Wildman–Crippen LogP) is 2.21. The minimum Gasteiger partial charge on any atom is -0.462 e. The molecule has 0 bridgehead atoms. The predicted molar refractivity (Wildman–Crippen MR) is 89.1 cm³/mol. The summed E-state index contributed by atoms with van der Waals surface area (Å²) in [6.45, 7) is 3.62. The monoisotopic (exact) mass is 379 g/mol. The third-order valence-corrected chi connectivity index (χ3v) is 4.53. The van der Waals surface area contributed by atoms with Gasteiger partial charge in [0.1, 0.15) is 4.60 Å². The van der Waals surface area contributed by atoms with Crippen LogP contribution in [0.1, 0.15) is 35.4 Å². The van der Waals surface area contributed by atoms with Gasteiger partial charge in [0.15, 0.2) is 0 Å². The summed E-state index contributed by atoms with van der Waals surface area (Å²) in [6.07, 6.45) is 3.19. The summed E-state index contributed by atoms with van der Waals surface area (Å²) in [4.78, 5) is 20.7. The number of hydrogen-bond acceptors (Lipinski definition) is 6. The Bertz CT molecular complexity index is 732. The molecule has 0 aliphatic carbocycles. The number of halogens is 1. The molecule has 0 saturated carbocycles. The molecule has 23 heavy (non-hydrogen) atoms. The second-order valence-electron chi connectivity index (χ2n) is 5.53. The fraction of sp³-hybridized carbons (Fsp3) is 0.438. The number of carbonyl (C=O) groups excluding carboxylic acids is 1. The average molecular weight is 380 g/mol. The second kappa shape index (κ2) is 6.90. The van der Waals surface area contributed by atoms with Crippen molar-refractivity contribution in [1.82, 2.24) is 15.3 Å². The van der Waals surface area contributed by atoms with Gasteiger partial charge in [-0.25, -0.2) is 9.78 Å². The SMILES string of the molecule is CCOC(=O)c1cnc2cnc(Br)cc2c1C(O)C1CCNC1. The van der Waals surface area contributed by atoms with Gasteiger partial charge in [0.05, 0.1) is 30.0 Å². The van der Waals surface area contributed by atoms with Crippen LogP contribution in [-0.4, -0.2) is 40.7 Å². The number of nitrogens with zero attached hydrogens (tertiary/aromatic N) is 2. The molecule has 6 nitrogen and oxygen atoms in total. The minimum absolute atomic E-state index is 0.0562. The van der Waals surface area contributed by atoms with E-state index >= 15 is 0 Å². The number of pyridine rings is 2. The fourth-order valence-electron chi connectivity index (χ4n) is 2.96. The van der Waals surface area contributed by atoms with E-state index in [9.17, 15) is 9.90 Å². The molecule has 7 heteroatoms. The number of ether oxygens (including phenoxy) is 1. The van der Waals surface area contributed by atoms with Crippen molar-refractivity contribution in [2.45, 2.75) is 19.4 Å². The normalized spacial score (nSPS) is 19.0. The van der Waals surface area contributed by atoms with Gasteiger partial charge in [-0.3, -0.25) is 4.98 Å². The van der Waals surface area contributed by atoms with E-state index in [1.165, 1.54) is 6.20 Å². The summed E-state index contributed by atoms with van der Waals surface area (Å²) < 4.78 is 5.76. The molecule has 2 unspecified atom stereocenters. The maximum absolute atomic E-state index is 12.3. The first-order valence-electron chi connectivity index (χ1n) is 7.62. The van der Waals surface area contributed by atoms with Gasteiger partial charge in [0, 0.05) is 29.6 Å². The van der Waals surface area contributed by atoms with Crippen molar-refractivity contribution in [3.05, 3.63) is 34.2 Å². The molecule has 1 fully saturated rings. The highest BCUT2D eigenvalue weighted by Gasteiger charge is 2.30. The van der Waals surface area contributed by atoms with E-state index in [1.807, 2.05) is 0 Å². The van der Waals surface area contributed by atoms with Crippen molar-refractivity contribution < 1.29 is 14.6 Å². The first-order chi connectivity index (χ1) is 11.1. The van der Waals surface area contributed by atoms with Gasteiger partial charge < -0.3 is 15.2 Å². The van der Waals surface area contributed by atoms with Crippen LogP contribution in [0.4, 0.5) is 0 Å². The third kappa shape index (κ3) is 3.22. The molecule has 0 spiro atoms. The lowest BCUT2D eigenvalue weighted by atomic mass is 9.90. The van der Waals surface area contributed by atoms with Crippen LogP contribution in [0.2, 0.25) is 0 Å². The average Bonchev–Trinajstić information content (AvgIpc) is 3.07. The first kappa shape index (κ1) is 16.3. The van der Waals surface area contributed by atoms with Gasteiger partial charge in [-0.1, -0.05) is 0 Å². The Morgan fingerprint density at radius 1 is 1.52 bits per heavy atom. The standard InChI is InChI=1S/C16H18BrN3O3/c1-2-23-16(22)11-7-19-12-8-20-13(17)5-10(12)14(11)15(21)9-3-4-18-6-9/h5,7-9,15,18,21H,2-4,6H2,1H3. The lowest BCUT2D eigenvalue weighted by Gasteiger charge is -2.21. The molecule has 122 valence electrons. The highest BCUT2D eigenvalue weighted by atomic mass is 79.9. The molecule has 2 aromatic heterocycles. The van der Waals surface area contributed by atoms with Crippen LogP contribution in [0.15, 0.2) is 23.1 Å². The van der Waals surface area contributed by atoms with Gasteiger partial charge >= 0.3 is 5.97 Å². The van der Waals surface area contributed by atoms with Crippen molar-refractivity contribution in [2.75, 3.05) is 19.7 Å². The van der Waals surface area contributed by atoms with Crippen LogP contribution in [0, 0.1) is 5.92 Å². The zero-order chi connectivity index (χ0) is 16.4. The summed E-state index contributed by atoms with van der Waals surface area (Å²) in [5, 5.41) is 14.9. The summed E-state index contributed by atoms with van der Waals surface area (Å²) in [5.41, 5.74) is 1.53. The number of nitrogens with one attached hydrogen (secondary N) is 1. The van der Waals surface area contributed by atoms with Crippen LogP contribution >= 0.6 is 15.9 Å². The molecular formula is C16H18BrN3O3. The second-order valence-corrected chi connectivity index (χ2v) is 6.34. The molecule has 2 N–H and O–H groups in total. The molecule has 1 aliphatic heterocycles. The lowest BCUT2D eigenvalue weighted by molar-refractivity contribution is 0.0513. The number of hydrogen-bond donors (Lipinski definition) is 2. The molecule has 2 aromatic rings. The molecule has 3 rings (SSSR count). The number of esters is 1. The van der Waals surface area contributed by atoms with Gasteiger partial charge in [-0.2, -0.15) is 0 Å². The maximum Gasteiger partial charge on any atom is 0.340 e. The Balaban J connectivity index is 2.17. The molecule has 3 heterocycles. The van der Waals surface area contributed by atoms with Crippen molar-refractivity contribution >= 4 is 32.8 Å². The maximum atomic E-state index is 12.3. The quantitative estimate of drug-likeness (QED) is 0.625. The van der Waals surface area contributed by atoms with E-state index in [2.05, 4.69) is 31.2 Å². The molecule has 0 radical (unpaired) electrons. The molecular weight excluding hydrogens is 362 g/mol. The van der Waals surface area contributed by atoms with Crippen molar-refractivity contribution in [3.8, 4) is 0 Å². The number of carbonyl (C=O) groups is 1. The van der Waals surface area contributed by atoms with E-state index in [-0.39, 0.29) is 12.5 Å². The number of rotatable bonds is 4. The van der Waals surface area contributed by atoms with Crippen molar-refractivity contribution in [1.29, 1.82) is 0 Å². The van der Waals surface area contributed by atoms with Gasteiger partial charge in [-0.15, -0.1) is 0 Å². The Morgan fingerprint density at radius 2 is 2.35 bits per heavy atom. The summed E-state index contributed by atoms with van der Waals surface area (Å²) >= 11 is 3.34. The molecule has 1 aliphatic rings. The number of aliphatic hydroxyl groups is 1. The van der Waals surface area contributed by atoms with E-state index in [1.54, 1.807) is 19.2 Å². The van der Waals surface area contributed by atoms with Gasteiger partial charge in [0.2, 0.25) is 0 Å². The van der Waals surface area contributed by atoms with Crippen molar-refractivity contribution in [2.24, 2.45) is 5.92 Å². The Kier molecular flexibility index (Phi) is 4.89. The number of aromatic nitrogens is 2. The van der Waals surface area contributed by atoms with Crippen LogP contribution in [-0.2, 0) is 4.74 Å². The highest BCUT2D eigenvalue weighted by Crippen LogP contribution is 2.34. The van der Waals surface area contributed by atoms with Crippen LogP contribution in [0.25, 0.3) is 10.9 Å². The van der Waals surface area contributed by atoms with Crippen LogP contribution in [0.5, 0.6) is 0 Å². The Labute approximate surface area is 142 Å². The molecule has 0 aromatic carbocycles. The topological polar surface area (TPSA) is 84.3 Å². The van der Waals surface area contributed by atoms with Crippen molar-refractivity contribution in [3.63, 3.8) is 0 Å².